The number of halogens is 1. The number of hydrogen-bond acceptors (Lipinski definition) is 4. The minimum absolute atomic E-state index is 0.266. The zero-order valence-corrected chi connectivity index (χ0v) is 13.5. The van der Waals surface area contributed by atoms with Gasteiger partial charge in [0.25, 0.3) is 0 Å². The Morgan fingerprint density at radius 2 is 2.05 bits per heavy atom. The van der Waals surface area contributed by atoms with Crippen molar-refractivity contribution < 1.29 is 18.3 Å². The van der Waals surface area contributed by atoms with Crippen LogP contribution in [0, 0.1) is 11.8 Å². The van der Waals surface area contributed by atoms with Gasteiger partial charge in [-0.3, -0.25) is 4.79 Å². The van der Waals surface area contributed by atoms with Crippen LogP contribution in [0.25, 0.3) is 0 Å². The zero-order chi connectivity index (χ0) is 16.3. The number of aliphatic hydroxyl groups excluding tert-OH is 1. The number of nitrogens with one attached hydrogen (secondary N) is 1. The molecule has 0 spiro atoms. The molecule has 0 unspecified atom stereocenters. The van der Waals surface area contributed by atoms with Crippen LogP contribution >= 0.6 is 11.6 Å². The standard InChI is InChI=1S/C14H16ClNO4S/c1-14(2,21(3,19)20)13(18)16-12-9-10(5-4-8-17)6-7-11(12)15/h6-7,9,17H,8H2,1-3H3,(H,16,18). The highest BCUT2D eigenvalue weighted by molar-refractivity contribution is 7.92. The quantitative estimate of drug-likeness (QED) is 0.822. The van der Waals surface area contributed by atoms with Crippen LogP contribution in [0.3, 0.4) is 0 Å². The van der Waals surface area contributed by atoms with E-state index in [1.54, 1.807) is 6.07 Å². The summed E-state index contributed by atoms with van der Waals surface area (Å²) in [7, 11) is -3.57. The monoisotopic (exact) mass is 329 g/mol. The lowest BCUT2D eigenvalue weighted by Crippen LogP contribution is -2.43. The first kappa shape index (κ1) is 17.5. The summed E-state index contributed by atoms with van der Waals surface area (Å²) < 4.78 is 21.7. The van der Waals surface area contributed by atoms with Gasteiger partial charge in [-0.1, -0.05) is 23.4 Å². The van der Waals surface area contributed by atoms with Gasteiger partial charge in [0.05, 0.1) is 10.7 Å². The number of aliphatic hydroxyl groups is 1. The second-order valence-electron chi connectivity index (χ2n) is 4.89. The minimum atomic E-state index is -3.57. The normalized spacial score (nSPS) is 11.5. The Kier molecular flexibility index (Phi) is 5.40. The molecule has 114 valence electrons. The van der Waals surface area contributed by atoms with Crippen molar-refractivity contribution in [3.05, 3.63) is 28.8 Å². The maximum Gasteiger partial charge on any atom is 0.245 e. The molecular formula is C14H16ClNO4S. The van der Waals surface area contributed by atoms with Gasteiger partial charge < -0.3 is 10.4 Å². The average molecular weight is 330 g/mol. The van der Waals surface area contributed by atoms with Gasteiger partial charge in [-0.15, -0.1) is 0 Å². The van der Waals surface area contributed by atoms with Crippen LogP contribution in [0.2, 0.25) is 5.02 Å². The molecule has 7 heteroatoms. The predicted octanol–water partition coefficient (Wildman–Crippen LogP) is 1.45. The summed E-state index contributed by atoms with van der Waals surface area (Å²) >= 11 is 5.98. The maximum atomic E-state index is 12.1. The van der Waals surface area contributed by atoms with Gasteiger partial charge >= 0.3 is 0 Å². The Bertz CT molecular complexity index is 714. The largest absolute Gasteiger partial charge is 0.384 e. The van der Waals surface area contributed by atoms with Crippen molar-refractivity contribution in [2.75, 3.05) is 18.2 Å². The molecule has 0 aliphatic heterocycles. The van der Waals surface area contributed by atoms with E-state index in [-0.39, 0.29) is 17.3 Å². The highest BCUT2D eigenvalue weighted by Gasteiger charge is 2.38. The van der Waals surface area contributed by atoms with Crippen molar-refractivity contribution in [1.82, 2.24) is 0 Å². The second kappa shape index (κ2) is 6.48. The first-order chi connectivity index (χ1) is 9.59. The van der Waals surface area contributed by atoms with Gasteiger partial charge in [0, 0.05) is 11.8 Å². The molecule has 21 heavy (non-hydrogen) atoms. The molecule has 0 atom stereocenters. The van der Waals surface area contributed by atoms with Crippen molar-refractivity contribution in [1.29, 1.82) is 0 Å². The number of rotatable bonds is 3. The number of carbonyl (C=O) groups is 1. The summed E-state index contributed by atoms with van der Waals surface area (Å²) in [4.78, 5) is 12.1. The van der Waals surface area contributed by atoms with E-state index in [2.05, 4.69) is 17.2 Å². The fourth-order valence-corrected chi connectivity index (χ4v) is 1.83. The van der Waals surface area contributed by atoms with Gasteiger partial charge in [0.15, 0.2) is 9.84 Å². The third kappa shape index (κ3) is 4.21. The number of sulfone groups is 1. The molecule has 0 aromatic heterocycles. The van der Waals surface area contributed by atoms with E-state index in [1.807, 2.05) is 0 Å². The van der Waals surface area contributed by atoms with Crippen LogP contribution in [0.4, 0.5) is 5.69 Å². The fourth-order valence-electron chi connectivity index (χ4n) is 1.28. The third-order valence-corrected chi connectivity index (χ3v) is 5.37. The number of carbonyl (C=O) groups excluding carboxylic acids is 1. The molecule has 0 aliphatic rings. The zero-order valence-electron chi connectivity index (χ0n) is 11.9. The van der Waals surface area contributed by atoms with Crippen LogP contribution in [-0.4, -0.2) is 37.0 Å². The third-order valence-electron chi connectivity index (χ3n) is 3.00. The van der Waals surface area contributed by atoms with Crippen molar-refractivity contribution in [2.45, 2.75) is 18.6 Å². The summed E-state index contributed by atoms with van der Waals surface area (Å²) in [6.45, 7) is 2.35. The highest BCUT2D eigenvalue weighted by Crippen LogP contribution is 2.25. The first-order valence-electron chi connectivity index (χ1n) is 6.00. The molecule has 0 bridgehead atoms. The molecule has 1 aromatic carbocycles. The molecule has 0 fully saturated rings. The van der Waals surface area contributed by atoms with Crippen molar-refractivity contribution >= 4 is 33.0 Å². The lowest BCUT2D eigenvalue weighted by molar-refractivity contribution is -0.117. The summed E-state index contributed by atoms with van der Waals surface area (Å²) in [5.41, 5.74) is 0.809. The van der Waals surface area contributed by atoms with Crippen LogP contribution < -0.4 is 5.32 Å². The lowest BCUT2D eigenvalue weighted by atomic mass is 10.1. The van der Waals surface area contributed by atoms with Gasteiger partial charge in [0.1, 0.15) is 11.4 Å². The number of amides is 1. The van der Waals surface area contributed by atoms with Crippen LogP contribution in [0.5, 0.6) is 0 Å². The van der Waals surface area contributed by atoms with E-state index in [0.717, 1.165) is 6.26 Å². The topological polar surface area (TPSA) is 83.5 Å². The number of hydrogen-bond donors (Lipinski definition) is 2. The Morgan fingerprint density at radius 1 is 1.43 bits per heavy atom. The smallest absolute Gasteiger partial charge is 0.245 e. The molecule has 0 aliphatic carbocycles. The van der Waals surface area contributed by atoms with E-state index in [9.17, 15) is 13.2 Å². The molecule has 2 N–H and O–H groups in total. The predicted molar refractivity (Wildman–Crippen MR) is 83.0 cm³/mol. The van der Waals surface area contributed by atoms with Crippen molar-refractivity contribution in [3.63, 3.8) is 0 Å². The van der Waals surface area contributed by atoms with Gasteiger partial charge in [0.2, 0.25) is 5.91 Å². The summed E-state index contributed by atoms with van der Waals surface area (Å²) in [6.07, 6.45) is 0.997. The molecule has 0 radical (unpaired) electrons. The Morgan fingerprint density at radius 3 is 2.57 bits per heavy atom. The number of anilines is 1. The van der Waals surface area contributed by atoms with E-state index < -0.39 is 20.5 Å². The molecule has 0 heterocycles. The molecule has 1 amide bonds. The fraction of sp³-hybridized carbons (Fsp3) is 0.357. The second-order valence-corrected chi connectivity index (χ2v) is 7.86. The van der Waals surface area contributed by atoms with E-state index in [4.69, 9.17) is 16.7 Å². The van der Waals surface area contributed by atoms with Crippen molar-refractivity contribution in [3.8, 4) is 11.8 Å². The van der Waals surface area contributed by atoms with Crippen LogP contribution in [0.15, 0.2) is 18.2 Å². The molecule has 0 saturated heterocycles. The van der Waals surface area contributed by atoms with Gasteiger partial charge in [-0.2, -0.15) is 0 Å². The van der Waals surface area contributed by atoms with E-state index in [0.29, 0.717) is 5.56 Å². The summed E-state index contributed by atoms with van der Waals surface area (Å²) in [6, 6.07) is 4.68. The molecule has 1 rings (SSSR count). The SMILES string of the molecule is CC(C)(C(=O)Nc1cc(C#CCO)ccc1Cl)S(C)(=O)=O. The molecular weight excluding hydrogens is 314 g/mol. The highest BCUT2D eigenvalue weighted by atomic mass is 35.5. The summed E-state index contributed by atoms with van der Waals surface area (Å²) in [5, 5.41) is 11.4. The molecule has 1 aromatic rings. The maximum absolute atomic E-state index is 12.1. The Hall–Kier alpha value is -1.55. The van der Waals surface area contributed by atoms with E-state index in [1.165, 1.54) is 26.0 Å². The van der Waals surface area contributed by atoms with E-state index >= 15 is 0 Å². The van der Waals surface area contributed by atoms with Gasteiger partial charge in [-0.25, -0.2) is 8.42 Å². The van der Waals surface area contributed by atoms with Crippen molar-refractivity contribution in [2.24, 2.45) is 0 Å². The minimum Gasteiger partial charge on any atom is -0.384 e. The Labute approximate surface area is 129 Å². The van der Waals surface area contributed by atoms with Gasteiger partial charge in [-0.05, 0) is 32.0 Å². The molecule has 5 nitrogen and oxygen atoms in total. The Balaban J connectivity index is 3.11. The summed E-state index contributed by atoms with van der Waals surface area (Å²) in [5.74, 6) is 4.47. The van der Waals surface area contributed by atoms with Crippen LogP contribution in [-0.2, 0) is 14.6 Å². The van der Waals surface area contributed by atoms with Crippen LogP contribution in [0.1, 0.15) is 19.4 Å². The lowest BCUT2D eigenvalue weighted by Gasteiger charge is -2.21. The number of benzene rings is 1. The average Bonchev–Trinajstić information content (AvgIpc) is 2.38. The molecule has 0 saturated carbocycles. The first-order valence-corrected chi connectivity index (χ1v) is 8.27.